The van der Waals surface area contributed by atoms with E-state index in [0.29, 0.717) is 25.0 Å². The number of ether oxygens (including phenoxy) is 1. The smallest absolute Gasteiger partial charge is 0.250 e. The van der Waals surface area contributed by atoms with Crippen molar-refractivity contribution in [2.45, 2.75) is 25.4 Å². The summed E-state index contributed by atoms with van der Waals surface area (Å²) in [7, 11) is 1.99. The molecule has 2 rings (SSSR count). The number of hydrogen-bond acceptors (Lipinski definition) is 4. The van der Waals surface area contributed by atoms with E-state index in [2.05, 4.69) is 9.88 Å². The largest absolute Gasteiger partial charge is 0.476 e. The highest BCUT2D eigenvalue weighted by molar-refractivity contribution is 5.29. The topological polar surface area (TPSA) is 45.6 Å². The maximum atomic E-state index is 14.2. The normalized spacial score (nSPS) is 19.8. The van der Waals surface area contributed by atoms with Gasteiger partial charge in [0, 0.05) is 24.8 Å². The van der Waals surface area contributed by atoms with Crippen molar-refractivity contribution in [1.29, 1.82) is 0 Å². The molecule has 1 aromatic heterocycles. The second-order valence-electron chi connectivity index (χ2n) is 4.75. The summed E-state index contributed by atoms with van der Waals surface area (Å²) in [5.41, 5.74) is -0.806. The van der Waals surface area contributed by atoms with Crippen molar-refractivity contribution in [3.63, 3.8) is 0 Å². The summed E-state index contributed by atoms with van der Waals surface area (Å²) in [5, 5.41) is 10.6. The molecule has 1 N–H and O–H groups in total. The molecule has 18 heavy (non-hydrogen) atoms. The van der Waals surface area contributed by atoms with Crippen molar-refractivity contribution in [2.75, 3.05) is 26.7 Å². The zero-order valence-corrected chi connectivity index (χ0v) is 10.8. The van der Waals surface area contributed by atoms with Gasteiger partial charge >= 0.3 is 0 Å². The minimum atomic E-state index is -1.11. The third-order valence-corrected chi connectivity index (χ3v) is 3.45. The van der Waals surface area contributed by atoms with Crippen LogP contribution in [0.15, 0.2) is 12.3 Å². The van der Waals surface area contributed by atoms with E-state index >= 15 is 0 Å². The molecule has 0 radical (unpaired) electrons. The molecule has 1 aromatic rings. The van der Waals surface area contributed by atoms with Crippen LogP contribution in [-0.4, -0.2) is 41.7 Å². The fourth-order valence-corrected chi connectivity index (χ4v) is 2.28. The van der Waals surface area contributed by atoms with Gasteiger partial charge < -0.3 is 14.7 Å². The number of likely N-dealkylation sites (tertiary alicyclic amines) is 1. The van der Waals surface area contributed by atoms with Crippen LogP contribution in [-0.2, 0) is 5.60 Å². The van der Waals surface area contributed by atoms with Gasteiger partial charge in [-0.15, -0.1) is 0 Å². The Bertz CT molecular complexity index is 417. The minimum Gasteiger partial charge on any atom is -0.476 e. The van der Waals surface area contributed by atoms with Crippen LogP contribution >= 0.6 is 0 Å². The number of halogens is 1. The van der Waals surface area contributed by atoms with Crippen molar-refractivity contribution in [1.82, 2.24) is 9.88 Å². The number of rotatable bonds is 3. The Hall–Kier alpha value is -1.20. The minimum absolute atomic E-state index is 0.0256. The van der Waals surface area contributed by atoms with E-state index in [1.807, 2.05) is 7.05 Å². The van der Waals surface area contributed by atoms with Crippen molar-refractivity contribution in [3.05, 3.63) is 23.6 Å². The first kappa shape index (κ1) is 13.2. The van der Waals surface area contributed by atoms with E-state index in [1.54, 1.807) is 13.0 Å². The van der Waals surface area contributed by atoms with Gasteiger partial charge in [-0.05, 0) is 32.9 Å². The maximum absolute atomic E-state index is 14.2. The highest BCUT2D eigenvalue weighted by Gasteiger charge is 2.36. The highest BCUT2D eigenvalue weighted by Crippen LogP contribution is 2.35. The average molecular weight is 254 g/mol. The number of pyridine rings is 1. The quantitative estimate of drug-likeness (QED) is 0.888. The Morgan fingerprint density at radius 2 is 2.17 bits per heavy atom. The highest BCUT2D eigenvalue weighted by atomic mass is 19.1. The zero-order valence-electron chi connectivity index (χ0n) is 10.8. The van der Waals surface area contributed by atoms with E-state index in [9.17, 15) is 9.50 Å². The Balaban J connectivity index is 2.30. The lowest BCUT2D eigenvalue weighted by Crippen LogP contribution is -2.41. The van der Waals surface area contributed by atoms with E-state index in [4.69, 9.17) is 4.74 Å². The van der Waals surface area contributed by atoms with Gasteiger partial charge in [-0.3, -0.25) is 0 Å². The number of hydrogen-bond donors (Lipinski definition) is 1. The van der Waals surface area contributed by atoms with Crippen LogP contribution in [0.1, 0.15) is 25.3 Å². The first-order valence-electron chi connectivity index (χ1n) is 6.25. The van der Waals surface area contributed by atoms with E-state index in [0.717, 1.165) is 13.1 Å². The van der Waals surface area contributed by atoms with Crippen LogP contribution in [0.25, 0.3) is 0 Å². The number of nitrogens with zero attached hydrogens (tertiary/aromatic N) is 2. The molecule has 0 aromatic carbocycles. The van der Waals surface area contributed by atoms with Gasteiger partial charge in [-0.2, -0.15) is 0 Å². The van der Waals surface area contributed by atoms with E-state index in [-0.39, 0.29) is 5.88 Å². The van der Waals surface area contributed by atoms with Gasteiger partial charge in [0.15, 0.2) is 5.82 Å². The summed E-state index contributed by atoms with van der Waals surface area (Å²) in [4.78, 5) is 5.97. The third-order valence-electron chi connectivity index (χ3n) is 3.45. The predicted octanol–water partition coefficient (Wildman–Crippen LogP) is 1.53. The fourth-order valence-electron chi connectivity index (χ4n) is 2.28. The standard InChI is InChI=1S/C13H19FN2O2/c1-3-18-12-11(14)10(4-7-15-12)13(17)5-8-16(2)9-6-13/h4,7,17H,3,5-6,8-9H2,1-2H3. The molecule has 0 amide bonds. The molecule has 1 saturated heterocycles. The van der Waals surface area contributed by atoms with Crippen molar-refractivity contribution in [3.8, 4) is 5.88 Å². The second kappa shape index (κ2) is 5.20. The molecule has 0 bridgehead atoms. The van der Waals surface area contributed by atoms with Gasteiger partial charge in [0.2, 0.25) is 0 Å². The summed E-state index contributed by atoms with van der Waals surface area (Å²) in [5.74, 6) is -0.561. The molecule has 0 spiro atoms. The molecule has 5 heteroatoms. The summed E-state index contributed by atoms with van der Waals surface area (Å²) in [6.45, 7) is 3.64. The second-order valence-corrected chi connectivity index (χ2v) is 4.75. The first-order chi connectivity index (χ1) is 8.57. The fraction of sp³-hybridized carbons (Fsp3) is 0.615. The van der Waals surface area contributed by atoms with Crippen LogP contribution in [0.5, 0.6) is 5.88 Å². The Morgan fingerprint density at radius 1 is 1.50 bits per heavy atom. The summed E-state index contributed by atoms with van der Waals surface area (Å²) >= 11 is 0. The Labute approximate surface area is 106 Å². The lowest BCUT2D eigenvalue weighted by atomic mass is 9.85. The predicted molar refractivity (Wildman–Crippen MR) is 66.0 cm³/mol. The molecular formula is C13H19FN2O2. The van der Waals surface area contributed by atoms with Crippen LogP contribution < -0.4 is 4.74 Å². The third kappa shape index (κ3) is 2.47. The Morgan fingerprint density at radius 3 is 2.78 bits per heavy atom. The molecule has 0 atom stereocenters. The van der Waals surface area contributed by atoms with Crippen molar-refractivity contribution < 1.29 is 14.2 Å². The molecule has 100 valence electrons. The van der Waals surface area contributed by atoms with Crippen molar-refractivity contribution in [2.24, 2.45) is 0 Å². The first-order valence-corrected chi connectivity index (χ1v) is 6.25. The van der Waals surface area contributed by atoms with Crippen LogP contribution in [0.4, 0.5) is 4.39 Å². The number of aliphatic hydroxyl groups is 1. The molecule has 1 fully saturated rings. The average Bonchev–Trinajstić information content (AvgIpc) is 2.36. The van der Waals surface area contributed by atoms with Crippen LogP contribution in [0.2, 0.25) is 0 Å². The molecule has 2 heterocycles. The van der Waals surface area contributed by atoms with E-state index < -0.39 is 11.4 Å². The summed E-state index contributed by atoms with van der Waals surface area (Å²) < 4.78 is 19.4. The molecule has 0 saturated carbocycles. The molecule has 1 aliphatic rings. The number of aromatic nitrogens is 1. The van der Waals surface area contributed by atoms with Crippen LogP contribution in [0, 0.1) is 5.82 Å². The Kier molecular flexibility index (Phi) is 3.82. The van der Waals surface area contributed by atoms with E-state index in [1.165, 1.54) is 6.20 Å². The molecule has 0 aliphatic carbocycles. The molecule has 1 aliphatic heterocycles. The van der Waals surface area contributed by atoms with Gasteiger partial charge in [-0.25, -0.2) is 9.37 Å². The van der Waals surface area contributed by atoms with Gasteiger partial charge in [0.25, 0.3) is 5.88 Å². The zero-order chi connectivity index (χ0) is 13.2. The summed E-state index contributed by atoms with van der Waals surface area (Å²) in [6, 6.07) is 1.54. The van der Waals surface area contributed by atoms with Gasteiger partial charge in [0.1, 0.15) is 0 Å². The molecule has 4 nitrogen and oxygen atoms in total. The lowest BCUT2D eigenvalue weighted by molar-refractivity contribution is -0.0234. The SMILES string of the molecule is CCOc1nccc(C2(O)CCN(C)CC2)c1F. The molecule has 0 unspecified atom stereocenters. The summed E-state index contributed by atoms with van der Waals surface area (Å²) in [6.07, 6.45) is 2.53. The van der Waals surface area contributed by atoms with Gasteiger partial charge in [-0.1, -0.05) is 0 Å². The lowest BCUT2D eigenvalue weighted by Gasteiger charge is -2.37. The number of piperidine rings is 1. The van der Waals surface area contributed by atoms with Crippen LogP contribution in [0.3, 0.4) is 0 Å². The monoisotopic (exact) mass is 254 g/mol. The van der Waals surface area contributed by atoms with Crippen molar-refractivity contribution >= 4 is 0 Å². The molecular weight excluding hydrogens is 235 g/mol. The maximum Gasteiger partial charge on any atom is 0.250 e. The van der Waals surface area contributed by atoms with Gasteiger partial charge in [0.05, 0.1) is 12.2 Å².